The minimum Gasteiger partial charge on any atom is -0.507 e. The van der Waals surface area contributed by atoms with Crippen molar-refractivity contribution in [1.82, 2.24) is 0 Å². The van der Waals surface area contributed by atoms with Gasteiger partial charge in [0.1, 0.15) is 5.75 Å². The number of aldehydes is 1. The first-order valence-electron chi connectivity index (χ1n) is 8.06. The van der Waals surface area contributed by atoms with E-state index in [-0.39, 0.29) is 5.75 Å². The van der Waals surface area contributed by atoms with Gasteiger partial charge in [0.05, 0.1) is 5.56 Å². The lowest BCUT2D eigenvalue weighted by molar-refractivity contribution is 0.112. The third-order valence-corrected chi connectivity index (χ3v) is 5.17. The second-order valence-electron chi connectivity index (χ2n) is 6.58. The molecule has 0 bridgehead atoms. The maximum atomic E-state index is 11.4. The number of rotatable bonds is 2. The topological polar surface area (TPSA) is 37.3 Å². The van der Waals surface area contributed by atoms with Crippen LogP contribution in [0.25, 0.3) is 11.1 Å². The maximum Gasteiger partial charge on any atom is 0.153 e. The van der Waals surface area contributed by atoms with Gasteiger partial charge in [-0.25, -0.2) is 0 Å². The average Bonchev–Trinajstić information content (AvgIpc) is 2.87. The summed E-state index contributed by atoms with van der Waals surface area (Å²) in [4.78, 5) is 11.4. The molecule has 0 spiro atoms. The Morgan fingerprint density at radius 1 is 0.875 bits per heavy atom. The average molecular weight is 314 g/mol. The number of aryl methyl sites for hydroxylation is 1. The van der Waals surface area contributed by atoms with Crippen LogP contribution in [-0.2, 0) is 5.41 Å². The highest BCUT2D eigenvalue weighted by Crippen LogP contribution is 2.54. The first-order chi connectivity index (χ1) is 11.6. The summed E-state index contributed by atoms with van der Waals surface area (Å²) < 4.78 is 0. The van der Waals surface area contributed by atoms with E-state index in [0.717, 1.165) is 28.5 Å². The Kier molecular flexibility index (Phi) is 3.10. The first-order valence-corrected chi connectivity index (χ1v) is 8.06. The van der Waals surface area contributed by atoms with Gasteiger partial charge in [-0.15, -0.1) is 0 Å². The lowest BCUT2D eigenvalue weighted by Crippen LogP contribution is -2.23. The number of hydrogen-bond acceptors (Lipinski definition) is 2. The van der Waals surface area contributed by atoms with E-state index in [2.05, 4.69) is 31.2 Å². The summed E-state index contributed by atoms with van der Waals surface area (Å²) in [5.74, 6) is 0.0737. The molecular formula is C22H18O2. The molecule has 0 atom stereocenters. The standard InChI is InChI=1S/C22H18O2/c1-14-11-15(13-23)21(24)20(12-14)22(2)18-9-5-3-7-16(18)17-8-4-6-10-19(17)22/h3-13,24H,1-2H3. The molecule has 1 aliphatic carbocycles. The molecule has 0 saturated carbocycles. The number of hydrogen-bond donors (Lipinski definition) is 1. The second kappa shape index (κ2) is 5.07. The van der Waals surface area contributed by atoms with Crippen LogP contribution in [0.5, 0.6) is 5.75 Å². The fourth-order valence-electron chi connectivity index (χ4n) is 4.02. The molecule has 2 heteroatoms. The molecule has 1 aliphatic rings. The molecule has 0 aliphatic heterocycles. The van der Waals surface area contributed by atoms with Gasteiger partial charge in [-0.05, 0) is 47.7 Å². The van der Waals surface area contributed by atoms with Crippen molar-refractivity contribution in [3.8, 4) is 16.9 Å². The Bertz CT molecular complexity index is 924. The third-order valence-electron chi connectivity index (χ3n) is 5.17. The monoisotopic (exact) mass is 314 g/mol. The van der Waals surface area contributed by atoms with Crippen LogP contribution in [0.3, 0.4) is 0 Å². The van der Waals surface area contributed by atoms with Crippen LogP contribution in [0.2, 0.25) is 0 Å². The summed E-state index contributed by atoms with van der Waals surface area (Å²) in [5.41, 5.74) is 6.28. The molecule has 0 amide bonds. The highest BCUT2D eigenvalue weighted by molar-refractivity contribution is 5.86. The number of phenolic OH excluding ortho intramolecular Hbond substituents is 1. The van der Waals surface area contributed by atoms with Crippen LogP contribution in [0, 0.1) is 6.92 Å². The van der Waals surface area contributed by atoms with E-state index in [1.54, 1.807) is 6.07 Å². The molecule has 0 radical (unpaired) electrons. The van der Waals surface area contributed by atoms with Gasteiger partial charge in [-0.2, -0.15) is 0 Å². The second-order valence-corrected chi connectivity index (χ2v) is 6.58. The molecule has 118 valence electrons. The van der Waals surface area contributed by atoms with Gasteiger partial charge in [0.2, 0.25) is 0 Å². The summed E-state index contributed by atoms with van der Waals surface area (Å²) in [7, 11) is 0. The van der Waals surface area contributed by atoms with Crippen molar-refractivity contribution >= 4 is 6.29 Å². The number of carbonyl (C=O) groups excluding carboxylic acids is 1. The van der Waals surface area contributed by atoms with Gasteiger partial charge >= 0.3 is 0 Å². The minimum atomic E-state index is -0.485. The van der Waals surface area contributed by atoms with Crippen molar-refractivity contribution in [3.63, 3.8) is 0 Å². The molecule has 1 N–H and O–H groups in total. The van der Waals surface area contributed by atoms with E-state index in [4.69, 9.17) is 0 Å². The lowest BCUT2D eigenvalue weighted by Gasteiger charge is -2.29. The maximum absolute atomic E-state index is 11.4. The Labute approximate surface area is 141 Å². The van der Waals surface area contributed by atoms with Crippen molar-refractivity contribution in [2.75, 3.05) is 0 Å². The molecular weight excluding hydrogens is 296 g/mol. The molecule has 24 heavy (non-hydrogen) atoms. The van der Waals surface area contributed by atoms with Crippen LogP contribution >= 0.6 is 0 Å². The van der Waals surface area contributed by atoms with Crippen molar-refractivity contribution in [1.29, 1.82) is 0 Å². The Morgan fingerprint density at radius 2 is 1.42 bits per heavy atom. The zero-order valence-electron chi connectivity index (χ0n) is 13.7. The molecule has 0 aromatic heterocycles. The quantitative estimate of drug-likeness (QED) is 0.687. The molecule has 2 nitrogen and oxygen atoms in total. The summed E-state index contributed by atoms with van der Waals surface area (Å²) in [6.45, 7) is 4.08. The Morgan fingerprint density at radius 3 is 1.96 bits per heavy atom. The van der Waals surface area contributed by atoms with Crippen LogP contribution in [0.4, 0.5) is 0 Å². The Hall–Kier alpha value is -2.87. The highest BCUT2D eigenvalue weighted by Gasteiger charge is 2.42. The summed E-state index contributed by atoms with van der Waals surface area (Å²) in [6, 6.07) is 20.3. The van der Waals surface area contributed by atoms with E-state index in [1.807, 2.05) is 37.3 Å². The number of aromatic hydroxyl groups is 1. The van der Waals surface area contributed by atoms with Gasteiger partial charge in [-0.3, -0.25) is 4.79 Å². The van der Waals surface area contributed by atoms with Crippen LogP contribution < -0.4 is 0 Å². The van der Waals surface area contributed by atoms with E-state index >= 15 is 0 Å². The molecule has 3 aromatic carbocycles. The van der Waals surface area contributed by atoms with Gasteiger partial charge in [0, 0.05) is 11.0 Å². The van der Waals surface area contributed by atoms with E-state index in [1.165, 1.54) is 11.1 Å². The smallest absolute Gasteiger partial charge is 0.153 e. The lowest BCUT2D eigenvalue weighted by atomic mass is 9.73. The fraction of sp³-hybridized carbons (Fsp3) is 0.136. The zero-order chi connectivity index (χ0) is 16.9. The predicted molar refractivity (Wildman–Crippen MR) is 95.7 cm³/mol. The molecule has 0 fully saturated rings. The predicted octanol–water partition coefficient (Wildman–Crippen LogP) is 4.85. The Balaban J connectivity index is 2.12. The minimum absolute atomic E-state index is 0.0737. The number of fused-ring (bicyclic) bond motifs is 3. The summed E-state index contributed by atoms with van der Waals surface area (Å²) >= 11 is 0. The molecule has 4 rings (SSSR count). The van der Waals surface area contributed by atoms with E-state index in [9.17, 15) is 9.90 Å². The number of carbonyl (C=O) groups is 1. The van der Waals surface area contributed by atoms with Crippen molar-refractivity contribution in [2.24, 2.45) is 0 Å². The summed E-state index contributed by atoms with van der Waals surface area (Å²) in [5, 5.41) is 10.8. The zero-order valence-corrected chi connectivity index (χ0v) is 13.7. The fourth-order valence-corrected chi connectivity index (χ4v) is 4.02. The van der Waals surface area contributed by atoms with Crippen LogP contribution in [0.15, 0.2) is 60.7 Å². The molecule has 0 saturated heterocycles. The van der Waals surface area contributed by atoms with Crippen molar-refractivity contribution in [3.05, 3.63) is 88.5 Å². The number of benzene rings is 3. The van der Waals surface area contributed by atoms with Gasteiger partial charge in [0.15, 0.2) is 6.29 Å². The first kappa shape index (κ1) is 14.7. The van der Waals surface area contributed by atoms with E-state index < -0.39 is 5.41 Å². The molecule has 0 unspecified atom stereocenters. The van der Waals surface area contributed by atoms with Crippen LogP contribution in [-0.4, -0.2) is 11.4 Å². The third kappa shape index (κ3) is 1.80. The highest BCUT2D eigenvalue weighted by atomic mass is 16.3. The normalized spacial score (nSPS) is 14.1. The van der Waals surface area contributed by atoms with E-state index in [0.29, 0.717) is 5.56 Å². The number of phenols is 1. The summed E-state index contributed by atoms with van der Waals surface area (Å²) in [6.07, 6.45) is 0.724. The van der Waals surface area contributed by atoms with Gasteiger partial charge < -0.3 is 5.11 Å². The molecule has 3 aromatic rings. The van der Waals surface area contributed by atoms with Gasteiger partial charge in [0.25, 0.3) is 0 Å². The molecule has 0 heterocycles. The van der Waals surface area contributed by atoms with Crippen molar-refractivity contribution < 1.29 is 9.90 Å². The SMILES string of the molecule is Cc1cc(C=O)c(O)c(C2(C)c3ccccc3-c3ccccc32)c1. The van der Waals surface area contributed by atoms with Crippen LogP contribution in [0.1, 0.15) is 39.5 Å². The van der Waals surface area contributed by atoms with Crippen molar-refractivity contribution in [2.45, 2.75) is 19.3 Å². The van der Waals surface area contributed by atoms with Gasteiger partial charge in [-0.1, -0.05) is 54.6 Å². The largest absolute Gasteiger partial charge is 0.507 e.